The average Bonchev–Trinajstić information content (AvgIpc) is 2.61. The molecule has 1 atom stereocenters. The van der Waals surface area contributed by atoms with Crippen LogP contribution in [-0.4, -0.2) is 10.5 Å². The Morgan fingerprint density at radius 3 is 2.75 bits per heavy atom. The third kappa shape index (κ3) is 2.84. The number of nitrogens with zero attached hydrogens (tertiary/aromatic N) is 2. The molecule has 0 amide bonds. The lowest BCUT2D eigenvalue weighted by Gasteiger charge is -2.11. The van der Waals surface area contributed by atoms with Crippen LogP contribution in [0.4, 0.5) is 0 Å². The maximum atomic E-state index is 10.7. The number of hydrogen-bond donors (Lipinski definition) is 0. The van der Waals surface area contributed by atoms with Crippen molar-refractivity contribution in [2.45, 2.75) is 46.7 Å². The van der Waals surface area contributed by atoms with Crippen LogP contribution in [-0.2, 0) is 24.3 Å². The van der Waals surface area contributed by atoms with E-state index in [0.717, 1.165) is 19.4 Å². The van der Waals surface area contributed by atoms with Gasteiger partial charge in [-0.1, -0.05) is 20.8 Å². The van der Waals surface area contributed by atoms with Gasteiger partial charge in [0.1, 0.15) is 12.4 Å². The van der Waals surface area contributed by atoms with E-state index in [4.69, 9.17) is 0 Å². The highest BCUT2D eigenvalue weighted by Crippen LogP contribution is 2.01. The molecule has 0 N–H and O–H groups in total. The number of imidazole rings is 1. The molecule has 1 aromatic heterocycles. The molecule has 4 heteroatoms. The Kier molecular flexibility index (Phi) is 4.52. The van der Waals surface area contributed by atoms with Crippen molar-refractivity contribution in [3.8, 4) is 0 Å². The van der Waals surface area contributed by atoms with Gasteiger partial charge in [-0.25, -0.2) is 9.13 Å². The predicted octanol–water partition coefficient (Wildman–Crippen LogP) is 0.134. The molecule has 0 saturated carbocycles. The minimum Gasteiger partial charge on any atom is -0.550 e. The average molecular weight is 224 g/mol. The van der Waals surface area contributed by atoms with Crippen molar-refractivity contribution in [1.29, 1.82) is 0 Å². The summed E-state index contributed by atoms with van der Waals surface area (Å²) in [5, 5.41) is 10.7. The van der Waals surface area contributed by atoms with Crippen molar-refractivity contribution in [2.75, 3.05) is 0 Å². The quantitative estimate of drug-likeness (QED) is 0.645. The van der Waals surface area contributed by atoms with Crippen LogP contribution in [0.5, 0.6) is 0 Å². The molecule has 1 rings (SSSR count). The van der Waals surface area contributed by atoms with E-state index in [1.807, 2.05) is 17.0 Å². The fourth-order valence-electron chi connectivity index (χ4n) is 1.88. The van der Waals surface area contributed by atoms with Crippen molar-refractivity contribution in [2.24, 2.45) is 5.92 Å². The largest absolute Gasteiger partial charge is 0.550 e. The molecule has 0 saturated heterocycles. The summed E-state index contributed by atoms with van der Waals surface area (Å²) in [5.41, 5.74) is 0. The van der Waals surface area contributed by atoms with E-state index in [-0.39, 0.29) is 0 Å². The smallest absolute Gasteiger partial charge is 0.256 e. The first-order valence-electron chi connectivity index (χ1n) is 5.88. The number of rotatable bonds is 6. The van der Waals surface area contributed by atoms with Gasteiger partial charge in [-0.2, -0.15) is 0 Å². The fraction of sp³-hybridized carbons (Fsp3) is 0.667. The maximum absolute atomic E-state index is 10.7. The van der Waals surface area contributed by atoms with Gasteiger partial charge in [0.2, 0.25) is 0 Å². The highest BCUT2D eigenvalue weighted by atomic mass is 16.4. The van der Waals surface area contributed by atoms with E-state index in [1.165, 1.54) is 5.82 Å². The van der Waals surface area contributed by atoms with Crippen molar-refractivity contribution >= 4 is 5.97 Å². The SMILES string of the molecule is CCCn1cc[n+](CC(C)C(=O)[O-])c1CC. The number of aliphatic carboxylic acids is 1. The van der Waals surface area contributed by atoms with Gasteiger partial charge in [-0.3, -0.25) is 0 Å². The summed E-state index contributed by atoms with van der Waals surface area (Å²) in [6, 6.07) is 0. The van der Waals surface area contributed by atoms with Gasteiger partial charge in [-0.15, -0.1) is 0 Å². The molecule has 0 bridgehead atoms. The Bertz CT molecular complexity index is 358. The normalized spacial score (nSPS) is 12.7. The van der Waals surface area contributed by atoms with E-state index >= 15 is 0 Å². The van der Waals surface area contributed by atoms with Gasteiger partial charge in [0.25, 0.3) is 5.82 Å². The van der Waals surface area contributed by atoms with Crippen LogP contribution in [0.25, 0.3) is 0 Å². The molecule has 1 unspecified atom stereocenters. The summed E-state index contributed by atoms with van der Waals surface area (Å²) in [6.45, 7) is 7.37. The molecule has 0 aromatic carbocycles. The molecule has 0 aliphatic heterocycles. The second-order valence-electron chi connectivity index (χ2n) is 4.13. The van der Waals surface area contributed by atoms with Gasteiger partial charge in [0, 0.05) is 18.3 Å². The standard InChI is InChI=1S/C12H20N2O2/c1-4-6-13-7-8-14(11(13)5-2)9-10(3)12(15)16/h7-8,10H,4-6,9H2,1-3H3. The minimum atomic E-state index is -0.988. The summed E-state index contributed by atoms with van der Waals surface area (Å²) < 4.78 is 4.19. The summed E-state index contributed by atoms with van der Waals surface area (Å²) >= 11 is 0. The molecule has 4 nitrogen and oxygen atoms in total. The maximum Gasteiger partial charge on any atom is 0.256 e. The zero-order valence-corrected chi connectivity index (χ0v) is 10.3. The molecule has 0 aliphatic carbocycles. The number of carboxylic acids is 1. The van der Waals surface area contributed by atoms with E-state index in [1.54, 1.807) is 6.92 Å². The lowest BCUT2D eigenvalue weighted by Crippen LogP contribution is -2.44. The van der Waals surface area contributed by atoms with E-state index in [9.17, 15) is 9.90 Å². The van der Waals surface area contributed by atoms with E-state index < -0.39 is 11.9 Å². The second-order valence-corrected chi connectivity index (χ2v) is 4.13. The fourth-order valence-corrected chi connectivity index (χ4v) is 1.88. The van der Waals surface area contributed by atoms with Gasteiger partial charge in [0.15, 0.2) is 0 Å². The monoisotopic (exact) mass is 224 g/mol. The van der Waals surface area contributed by atoms with Gasteiger partial charge in [0.05, 0.1) is 13.1 Å². The van der Waals surface area contributed by atoms with Gasteiger partial charge < -0.3 is 9.90 Å². The summed E-state index contributed by atoms with van der Waals surface area (Å²) in [6.07, 6.45) is 5.96. The first kappa shape index (κ1) is 12.7. The molecule has 0 radical (unpaired) electrons. The highest BCUT2D eigenvalue weighted by Gasteiger charge is 2.17. The predicted molar refractivity (Wildman–Crippen MR) is 58.5 cm³/mol. The molecular formula is C12H20N2O2. The molecule has 0 spiro atoms. The number of carbonyl (C=O) groups excluding carboxylic acids is 1. The molecule has 1 heterocycles. The summed E-state index contributed by atoms with van der Waals surface area (Å²) in [5.74, 6) is -0.263. The van der Waals surface area contributed by atoms with Crippen LogP contribution in [0.1, 0.15) is 33.0 Å². The zero-order chi connectivity index (χ0) is 12.1. The third-order valence-corrected chi connectivity index (χ3v) is 2.74. The van der Waals surface area contributed by atoms with Crippen LogP contribution in [0.3, 0.4) is 0 Å². The molecule has 90 valence electrons. The Morgan fingerprint density at radius 2 is 2.25 bits per heavy atom. The molecular weight excluding hydrogens is 204 g/mol. The van der Waals surface area contributed by atoms with Crippen molar-refractivity contribution < 1.29 is 14.5 Å². The number of carbonyl (C=O) groups is 1. The van der Waals surface area contributed by atoms with E-state index in [2.05, 4.69) is 18.4 Å². The van der Waals surface area contributed by atoms with Crippen molar-refractivity contribution in [3.63, 3.8) is 0 Å². The van der Waals surface area contributed by atoms with Gasteiger partial charge in [-0.05, 0) is 6.42 Å². The molecule has 1 aromatic rings. The Hall–Kier alpha value is -1.32. The Balaban J connectivity index is 2.83. The van der Waals surface area contributed by atoms with Gasteiger partial charge >= 0.3 is 0 Å². The van der Waals surface area contributed by atoms with Crippen LogP contribution >= 0.6 is 0 Å². The van der Waals surface area contributed by atoms with Crippen LogP contribution < -0.4 is 9.67 Å². The van der Waals surface area contributed by atoms with Crippen LogP contribution in [0.2, 0.25) is 0 Å². The lowest BCUT2D eigenvalue weighted by atomic mass is 10.2. The van der Waals surface area contributed by atoms with Crippen LogP contribution in [0.15, 0.2) is 12.4 Å². The number of aryl methyl sites for hydroxylation is 1. The molecule has 16 heavy (non-hydrogen) atoms. The Labute approximate surface area is 96.5 Å². The number of hydrogen-bond acceptors (Lipinski definition) is 2. The summed E-state index contributed by atoms with van der Waals surface area (Å²) in [4.78, 5) is 10.7. The second kappa shape index (κ2) is 5.68. The van der Waals surface area contributed by atoms with Crippen molar-refractivity contribution in [1.82, 2.24) is 4.57 Å². The number of aromatic nitrogens is 2. The minimum absolute atomic E-state index is 0.451. The summed E-state index contributed by atoms with van der Waals surface area (Å²) in [7, 11) is 0. The number of carboxylic acid groups (broad SMARTS) is 1. The topological polar surface area (TPSA) is 48.9 Å². The van der Waals surface area contributed by atoms with Crippen LogP contribution in [0, 0.1) is 5.92 Å². The first-order valence-corrected chi connectivity index (χ1v) is 5.88. The van der Waals surface area contributed by atoms with Crippen molar-refractivity contribution in [3.05, 3.63) is 18.2 Å². The van der Waals surface area contributed by atoms with E-state index in [0.29, 0.717) is 6.54 Å². The molecule has 0 fully saturated rings. The Morgan fingerprint density at radius 1 is 1.56 bits per heavy atom. The molecule has 0 aliphatic rings. The lowest BCUT2D eigenvalue weighted by molar-refractivity contribution is -0.708. The first-order chi connectivity index (χ1) is 7.60. The zero-order valence-electron chi connectivity index (χ0n) is 10.3. The highest BCUT2D eigenvalue weighted by molar-refractivity contribution is 5.66. The third-order valence-electron chi connectivity index (χ3n) is 2.74.